The minimum absolute atomic E-state index is 0.0845. The number of hydrogen-bond donors (Lipinski definition) is 2. The van der Waals surface area contributed by atoms with Crippen LogP contribution in [0.1, 0.15) is 39.0 Å². The number of carbonyl (C=O) groups is 1. The van der Waals surface area contributed by atoms with Gasteiger partial charge in [-0.2, -0.15) is 0 Å². The Morgan fingerprint density at radius 1 is 1.29 bits per heavy atom. The van der Waals surface area contributed by atoms with Crippen LogP contribution in [0.25, 0.3) is 0 Å². The van der Waals surface area contributed by atoms with Gasteiger partial charge in [-0.25, -0.2) is 0 Å². The molecule has 0 bridgehead atoms. The van der Waals surface area contributed by atoms with E-state index in [0.29, 0.717) is 5.41 Å². The molecule has 1 saturated carbocycles. The summed E-state index contributed by atoms with van der Waals surface area (Å²) in [5.74, 6) is 0.0845. The third-order valence-electron chi connectivity index (χ3n) is 4.55. The summed E-state index contributed by atoms with van der Waals surface area (Å²) >= 11 is 0. The fourth-order valence-electron chi connectivity index (χ4n) is 2.62. The van der Waals surface area contributed by atoms with Gasteiger partial charge in [-0.15, -0.1) is 0 Å². The maximum atomic E-state index is 12.3. The van der Waals surface area contributed by atoms with E-state index in [1.807, 2.05) is 0 Å². The Balaban J connectivity index is 1.88. The van der Waals surface area contributed by atoms with Crippen molar-refractivity contribution < 1.29 is 9.53 Å². The lowest BCUT2D eigenvalue weighted by atomic mass is 9.90. The Kier molecular flexibility index (Phi) is 3.73. The van der Waals surface area contributed by atoms with Crippen molar-refractivity contribution in [3.8, 4) is 0 Å². The summed E-state index contributed by atoms with van der Waals surface area (Å²) < 4.78 is 5.51. The van der Waals surface area contributed by atoms with Crippen molar-refractivity contribution in [3.63, 3.8) is 0 Å². The molecule has 0 aromatic rings. The van der Waals surface area contributed by atoms with Crippen molar-refractivity contribution in [1.29, 1.82) is 0 Å². The molecule has 2 fully saturated rings. The summed E-state index contributed by atoms with van der Waals surface area (Å²) in [5, 5.41) is 6.37. The SMILES string of the molecule is CCC1(CNC(=O)C2(OC)CCNCC2)CC1. The normalized spacial score (nSPS) is 25.3. The molecule has 2 N–H and O–H groups in total. The number of ether oxygens (including phenoxy) is 1. The number of methoxy groups -OCH3 is 1. The van der Waals surface area contributed by atoms with Crippen LogP contribution in [0.4, 0.5) is 0 Å². The minimum Gasteiger partial charge on any atom is -0.368 e. The lowest BCUT2D eigenvalue weighted by Gasteiger charge is -2.35. The second kappa shape index (κ2) is 4.94. The highest BCUT2D eigenvalue weighted by Crippen LogP contribution is 2.47. The second-order valence-corrected chi connectivity index (χ2v) is 5.48. The zero-order valence-electron chi connectivity index (χ0n) is 11.0. The quantitative estimate of drug-likeness (QED) is 0.755. The molecule has 0 aromatic carbocycles. The summed E-state index contributed by atoms with van der Waals surface area (Å²) in [6.45, 7) is 4.75. The van der Waals surface area contributed by atoms with E-state index < -0.39 is 5.60 Å². The smallest absolute Gasteiger partial charge is 0.252 e. The Hall–Kier alpha value is -0.610. The van der Waals surface area contributed by atoms with Gasteiger partial charge in [0.05, 0.1) is 0 Å². The van der Waals surface area contributed by atoms with Crippen LogP contribution in [-0.2, 0) is 9.53 Å². The molecular weight excluding hydrogens is 216 g/mol. The highest BCUT2D eigenvalue weighted by atomic mass is 16.5. The average molecular weight is 240 g/mol. The van der Waals surface area contributed by atoms with Gasteiger partial charge in [-0.3, -0.25) is 4.79 Å². The lowest BCUT2D eigenvalue weighted by molar-refractivity contribution is -0.147. The van der Waals surface area contributed by atoms with E-state index in [0.717, 1.165) is 38.9 Å². The van der Waals surface area contributed by atoms with Crippen LogP contribution in [-0.4, -0.2) is 38.3 Å². The molecule has 2 aliphatic rings. The number of rotatable bonds is 5. The number of carbonyl (C=O) groups excluding carboxylic acids is 1. The minimum atomic E-state index is -0.588. The first kappa shape index (κ1) is 12.8. The first-order valence-corrected chi connectivity index (χ1v) is 6.71. The first-order valence-electron chi connectivity index (χ1n) is 6.71. The van der Waals surface area contributed by atoms with Crippen LogP contribution in [0.5, 0.6) is 0 Å². The van der Waals surface area contributed by atoms with Crippen LogP contribution < -0.4 is 10.6 Å². The molecule has 0 atom stereocenters. The molecule has 2 rings (SSSR count). The Morgan fingerprint density at radius 3 is 2.41 bits per heavy atom. The fourth-order valence-corrected chi connectivity index (χ4v) is 2.62. The van der Waals surface area contributed by atoms with Crippen molar-refractivity contribution >= 4 is 5.91 Å². The van der Waals surface area contributed by atoms with Gasteiger partial charge in [0.2, 0.25) is 0 Å². The van der Waals surface area contributed by atoms with Gasteiger partial charge in [0.25, 0.3) is 5.91 Å². The summed E-state index contributed by atoms with van der Waals surface area (Å²) in [7, 11) is 1.65. The monoisotopic (exact) mass is 240 g/mol. The zero-order valence-corrected chi connectivity index (χ0v) is 11.0. The maximum absolute atomic E-state index is 12.3. The Bertz CT molecular complexity index is 281. The molecule has 0 radical (unpaired) electrons. The van der Waals surface area contributed by atoms with Crippen molar-refractivity contribution in [2.45, 2.75) is 44.6 Å². The molecule has 1 saturated heterocycles. The van der Waals surface area contributed by atoms with Gasteiger partial charge >= 0.3 is 0 Å². The molecule has 17 heavy (non-hydrogen) atoms. The lowest BCUT2D eigenvalue weighted by Crippen LogP contribution is -2.54. The highest BCUT2D eigenvalue weighted by molar-refractivity contribution is 5.85. The Morgan fingerprint density at radius 2 is 1.94 bits per heavy atom. The molecule has 0 unspecified atom stereocenters. The molecule has 1 amide bonds. The second-order valence-electron chi connectivity index (χ2n) is 5.48. The number of nitrogens with one attached hydrogen (secondary N) is 2. The van der Waals surface area contributed by atoms with Gasteiger partial charge in [0.1, 0.15) is 5.60 Å². The van der Waals surface area contributed by atoms with E-state index in [1.54, 1.807) is 7.11 Å². The molecule has 1 heterocycles. The predicted molar refractivity (Wildman–Crippen MR) is 66.8 cm³/mol. The van der Waals surface area contributed by atoms with Crippen LogP contribution in [0.15, 0.2) is 0 Å². The van der Waals surface area contributed by atoms with E-state index in [-0.39, 0.29) is 5.91 Å². The van der Waals surface area contributed by atoms with E-state index in [9.17, 15) is 4.79 Å². The average Bonchev–Trinajstić information content (AvgIpc) is 3.17. The van der Waals surface area contributed by atoms with E-state index >= 15 is 0 Å². The summed E-state index contributed by atoms with van der Waals surface area (Å²) in [5.41, 5.74) is -0.188. The zero-order chi connectivity index (χ0) is 12.4. The molecule has 0 aromatic heterocycles. The van der Waals surface area contributed by atoms with Gasteiger partial charge in [0.15, 0.2) is 0 Å². The third kappa shape index (κ3) is 2.63. The number of amides is 1. The van der Waals surface area contributed by atoms with Crippen LogP contribution >= 0.6 is 0 Å². The van der Waals surface area contributed by atoms with Crippen LogP contribution in [0.3, 0.4) is 0 Å². The van der Waals surface area contributed by atoms with E-state index in [2.05, 4.69) is 17.6 Å². The number of piperidine rings is 1. The van der Waals surface area contributed by atoms with E-state index in [4.69, 9.17) is 4.74 Å². The van der Waals surface area contributed by atoms with E-state index in [1.165, 1.54) is 12.8 Å². The number of hydrogen-bond acceptors (Lipinski definition) is 3. The summed E-state index contributed by atoms with van der Waals surface area (Å²) in [6.07, 6.45) is 5.22. The first-order chi connectivity index (χ1) is 8.16. The fraction of sp³-hybridized carbons (Fsp3) is 0.923. The molecule has 4 nitrogen and oxygen atoms in total. The molecule has 0 spiro atoms. The third-order valence-corrected chi connectivity index (χ3v) is 4.55. The van der Waals surface area contributed by atoms with Crippen molar-refractivity contribution in [3.05, 3.63) is 0 Å². The van der Waals surface area contributed by atoms with Gasteiger partial charge < -0.3 is 15.4 Å². The van der Waals surface area contributed by atoms with Gasteiger partial charge in [-0.1, -0.05) is 6.92 Å². The highest BCUT2D eigenvalue weighted by Gasteiger charge is 2.44. The van der Waals surface area contributed by atoms with Crippen LogP contribution in [0, 0.1) is 5.41 Å². The van der Waals surface area contributed by atoms with Crippen molar-refractivity contribution in [2.75, 3.05) is 26.7 Å². The molecule has 1 aliphatic carbocycles. The molecule has 98 valence electrons. The van der Waals surface area contributed by atoms with Crippen molar-refractivity contribution in [1.82, 2.24) is 10.6 Å². The van der Waals surface area contributed by atoms with Crippen molar-refractivity contribution in [2.24, 2.45) is 5.41 Å². The molecule has 4 heteroatoms. The summed E-state index contributed by atoms with van der Waals surface area (Å²) in [4.78, 5) is 12.3. The summed E-state index contributed by atoms with van der Waals surface area (Å²) in [6, 6.07) is 0. The predicted octanol–water partition coefficient (Wildman–Crippen LogP) is 1.06. The topological polar surface area (TPSA) is 50.4 Å². The van der Waals surface area contributed by atoms with Crippen LogP contribution in [0.2, 0.25) is 0 Å². The Labute approximate surface area is 103 Å². The van der Waals surface area contributed by atoms with Gasteiger partial charge in [-0.05, 0) is 50.6 Å². The molecular formula is C13H24N2O2. The maximum Gasteiger partial charge on any atom is 0.252 e. The largest absolute Gasteiger partial charge is 0.368 e. The standard InChI is InChI=1S/C13H24N2O2/c1-3-12(4-5-12)10-15-11(16)13(17-2)6-8-14-9-7-13/h14H,3-10H2,1-2H3,(H,15,16). The van der Waals surface area contributed by atoms with Gasteiger partial charge in [0, 0.05) is 13.7 Å². The molecule has 1 aliphatic heterocycles.